The number of thiophene rings is 1. The largest absolute Gasteiger partial charge is 0.507 e. The summed E-state index contributed by atoms with van der Waals surface area (Å²) in [7, 11) is 0. The van der Waals surface area contributed by atoms with Crippen molar-refractivity contribution in [1.82, 2.24) is 0 Å². The molecule has 112 valence electrons. The van der Waals surface area contributed by atoms with Crippen LogP contribution in [0.25, 0.3) is 0 Å². The van der Waals surface area contributed by atoms with Crippen LogP contribution < -0.4 is 5.32 Å². The minimum Gasteiger partial charge on any atom is -0.507 e. The van der Waals surface area contributed by atoms with Gasteiger partial charge in [0, 0.05) is 4.88 Å². The topological polar surface area (TPSA) is 73.1 Å². The van der Waals surface area contributed by atoms with E-state index in [1.165, 1.54) is 28.7 Å². The Morgan fingerprint density at radius 1 is 1.23 bits per heavy atom. The van der Waals surface area contributed by atoms with Gasteiger partial charge in [-0.15, -0.1) is 11.3 Å². The number of amides is 1. The van der Waals surface area contributed by atoms with Crippen LogP contribution in [0.5, 0.6) is 5.75 Å². The van der Waals surface area contributed by atoms with Crippen molar-refractivity contribution in [3.63, 3.8) is 0 Å². The Balaban J connectivity index is 1.92. The first-order chi connectivity index (χ1) is 10.7. The molecule has 5 heteroatoms. The Labute approximate surface area is 133 Å². The van der Waals surface area contributed by atoms with Crippen LogP contribution in [0.15, 0.2) is 24.3 Å². The third kappa shape index (κ3) is 2.70. The fourth-order valence-corrected chi connectivity index (χ4v) is 4.02. The number of aryl methyl sites for hydroxylation is 1. The number of carbonyl (C=O) groups excluding carboxylic acids is 1. The van der Waals surface area contributed by atoms with Gasteiger partial charge in [-0.3, -0.25) is 4.79 Å². The lowest BCUT2D eigenvalue weighted by Crippen LogP contribution is -2.12. The van der Waals surface area contributed by atoms with E-state index in [0.29, 0.717) is 10.6 Å². The number of hydrogen-bond acceptors (Lipinski definition) is 4. The molecule has 4 nitrogen and oxygen atoms in total. The molecule has 0 saturated carbocycles. The molecule has 0 aliphatic heterocycles. The summed E-state index contributed by atoms with van der Waals surface area (Å²) >= 11 is 1.49. The molecule has 1 aromatic carbocycles. The zero-order valence-corrected chi connectivity index (χ0v) is 12.9. The second-order valence-electron chi connectivity index (χ2n) is 5.35. The van der Waals surface area contributed by atoms with Crippen LogP contribution in [0.1, 0.15) is 45.6 Å². The van der Waals surface area contributed by atoms with Crippen LogP contribution in [0.4, 0.5) is 5.00 Å². The standard InChI is InChI=1S/C17H16N2O2S/c18-10-13-11-6-2-1-3-9-15(11)22-17(13)19-16(21)12-7-4-5-8-14(12)20/h4-5,7-8,20H,1-3,6,9H2,(H,19,21). The molecule has 1 aliphatic rings. The van der Waals surface area contributed by atoms with E-state index in [0.717, 1.165) is 31.2 Å². The maximum absolute atomic E-state index is 12.3. The van der Waals surface area contributed by atoms with Crippen LogP contribution in [0.3, 0.4) is 0 Å². The van der Waals surface area contributed by atoms with Crippen molar-refractivity contribution in [2.45, 2.75) is 32.1 Å². The van der Waals surface area contributed by atoms with Crippen LogP contribution in [0, 0.1) is 11.3 Å². The molecule has 0 radical (unpaired) electrons. The maximum atomic E-state index is 12.3. The average molecular weight is 312 g/mol. The summed E-state index contributed by atoms with van der Waals surface area (Å²) in [6.45, 7) is 0. The molecule has 2 N–H and O–H groups in total. The molecule has 1 heterocycles. The quantitative estimate of drug-likeness (QED) is 0.827. The van der Waals surface area contributed by atoms with Crippen molar-refractivity contribution >= 4 is 22.2 Å². The minimum absolute atomic E-state index is 0.0587. The lowest BCUT2D eigenvalue weighted by Gasteiger charge is -2.05. The number of hydrogen-bond donors (Lipinski definition) is 2. The smallest absolute Gasteiger partial charge is 0.260 e. The number of anilines is 1. The molecule has 0 unspecified atom stereocenters. The van der Waals surface area contributed by atoms with Gasteiger partial charge >= 0.3 is 0 Å². The normalized spacial score (nSPS) is 13.8. The van der Waals surface area contributed by atoms with E-state index < -0.39 is 0 Å². The van der Waals surface area contributed by atoms with Crippen LogP contribution in [-0.2, 0) is 12.8 Å². The van der Waals surface area contributed by atoms with Gasteiger partial charge in [0.25, 0.3) is 5.91 Å². The van der Waals surface area contributed by atoms with Gasteiger partial charge in [0.15, 0.2) is 0 Å². The average Bonchev–Trinajstić information content (AvgIpc) is 2.68. The molecule has 22 heavy (non-hydrogen) atoms. The minimum atomic E-state index is -0.383. The number of phenols is 1. The van der Waals surface area contributed by atoms with Gasteiger partial charge in [-0.25, -0.2) is 0 Å². The summed E-state index contributed by atoms with van der Waals surface area (Å²) in [6.07, 6.45) is 5.28. The highest BCUT2D eigenvalue weighted by Gasteiger charge is 2.21. The third-order valence-electron chi connectivity index (χ3n) is 3.91. The first-order valence-electron chi connectivity index (χ1n) is 7.34. The number of fused-ring (bicyclic) bond motifs is 1. The first-order valence-corrected chi connectivity index (χ1v) is 8.16. The number of rotatable bonds is 2. The number of nitrogens with one attached hydrogen (secondary N) is 1. The lowest BCUT2D eigenvalue weighted by atomic mass is 10.1. The van der Waals surface area contributed by atoms with E-state index in [4.69, 9.17) is 0 Å². The zero-order valence-electron chi connectivity index (χ0n) is 12.1. The third-order valence-corrected chi connectivity index (χ3v) is 5.12. The fraction of sp³-hybridized carbons (Fsp3) is 0.294. The number of para-hydroxylation sites is 1. The summed E-state index contributed by atoms with van der Waals surface area (Å²) in [6, 6.07) is 8.64. The number of benzene rings is 1. The summed E-state index contributed by atoms with van der Waals surface area (Å²) in [5.74, 6) is -0.442. The van der Waals surface area contributed by atoms with Crippen LogP contribution >= 0.6 is 11.3 Å². The van der Waals surface area contributed by atoms with E-state index >= 15 is 0 Å². The molecule has 3 rings (SSSR count). The van der Waals surface area contributed by atoms with Gasteiger partial charge in [0.1, 0.15) is 16.8 Å². The van der Waals surface area contributed by atoms with Crippen molar-refractivity contribution < 1.29 is 9.90 Å². The predicted octanol–water partition coefficient (Wildman–Crippen LogP) is 3.85. The number of nitrogens with zero attached hydrogens (tertiary/aromatic N) is 1. The van der Waals surface area contributed by atoms with E-state index in [9.17, 15) is 15.2 Å². The van der Waals surface area contributed by atoms with Crippen molar-refractivity contribution in [2.75, 3.05) is 5.32 Å². The van der Waals surface area contributed by atoms with Gasteiger partial charge in [-0.1, -0.05) is 18.6 Å². The maximum Gasteiger partial charge on any atom is 0.260 e. The summed E-state index contributed by atoms with van der Waals surface area (Å²) < 4.78 is 0. The number of carbonyl (C=O) groups is 1. The molecule has 1 aliphatic carbocycles. The van der Waals surface area contributed by atoms with Crippen LogP contribution in [0.2, 0.25) is 0 Å². The SMILES string of the molecule is N#Cc1c(NC(=O)c2ccccc2O)sc2c1CCCCC2. The summed E-state index contributed by atoms with van der Waals surface area (Å²) in [4.78, 5) is 13.5. The van der Waals surface area contributed by atoms with E-state index in [1.807, 2.05) is 0 Å². The monoisotopic (exact) mass is 312 g/mol. The molecular weight excluding hydrogens is 296 g/mol. The molecule has 1 amide bonds. The van der Waals surface area contributed by atoms with Gasteiger partial charge < -0.3 is 10.4 Å². The Morgan fingerprint density at radius 3 is 2.77 bits per heavy atom. The zero-order chi connectivity index (χ0) is 15.5. The second-order valence-corrected chi connectivity index (χ2v) is 6.46. The Hall–Kier alpha value is -2.32. The molecule has 0 fully saturated rings. The van der Waals surface area contributed by atoms with E-state index in [-0.39, 0.29) is 17.2 Å². The molecule has 0 atom stereocenters. The number of nitriles is 1. The number of phenolic OH excluding ortho intramolecular Hbond substituents is 1. The Morgan fingerprint density at radius 2 is 2.00 bits per heavy atom. The Bertz CT molecular complexity index is 759. The van der Waals surface area contributed by atoms with Gasteiger partial charge in [-0.05, 0) is 43.4 Å². The molecular formula is C17H16N2O2S. The second kappa shape index (κ2) is 6.20. The summed E-state index contributed by atoms with van der Waals surface area (Å²) in [5, 5.41) is 22.6. The van der Waals surface area contributed by atoms with Crippen molar-refractivity contribution in [1.29, 1.82) is 5.26 Å². The fourth-order valence-electron chi connectivity index (χ4n) is 2.79. The van der Waals surface area contributed by atoms with E-state index in [1.54, 1.807) is 18.2 Å². The predicted molar refractivity (Wildman–Crippen MR) is 86.4 cm³/mol. The van der Waals surface area contributed by atoms with E-state index in [2.05, 4.69) is 11.4 Å². The van der Waals surface area contributed by atoms with Crippen molar-refractivity contribution in [2.24, 2.45) is 0 Å². The molecule has 0 bridgehead atoms. The first kappa shape index (κ1) is 14.6. The molecule has 1 aromatic heterocycles. The van der Waals surface area contributed by atoms with Crippen molar-refractivity contribution in [3.8, 4) is 11.8 Å². The molecule has 0 saturated heterocycles. The van der Waals surface area contributed by atoms with Gasteiger partial charge in [-0.2, -0.15) is 5.26 Å². The molecule has 0 spiro atoms. The van der Waals surface area contributed by atoms with Crippen LogP contribution in [-0.4, -0.2) is 11.0 Å². The van der Waals surface area contributed by atoms with Gasteiger partial charge in [0.2, 0.25) is 0 Å². The van der Waals surface area contributed by atoms with Gasteiger partial charge in [0.05, 0.1) is 11.1 Å². The van der Waals surface area contributed by atoms with Crippen molar-refractivity contribution in [3.05, 3.63) is 45.8 Å². The number of aromatic hydroxyl groups is 1. The molecule has 2 aromatic rings. The highest BCUT2D eigenvalue weighted by Crippen LogP contribution is 2.37. The lowest BCUT2D eigenvalue weighted by molar-refractivity contribution is 0.102. The Kier molecular flexibility index (Phi) is 4.12. The highest BCUT2D eigenvalue weighted by atomic mass is 32.1. The highest BCUT2D eigenvalue weighted by molar-refractivity contribution is 7.16. The summed E-state index contributed by atoms with van der Waals surface area (Å²) in [5.41, 5.74) is 1.90.